The number of benzene rings is 2. The van der Waals surface area contributed by atoms with Gasteiger partial charge in [0.15, 0.2) is 17.1 Å². The molecule has 172 valence electrons. The molecular weight excluding hydrogens is 466 g/mol. The number of nitrogens with zero attached hydrogens (tertiary/aromatic N) is 4. The third-order valence-electron chi connectivity index (χ3n) is 4.48. The molecule has 0 aliphatic carbocycles. The number of nitrogens with one attached hydrogen (secondary N) is 1. The summed E-state index contributed by atoms with van der Waals surface area (Å²) >= 11 is 7.00. The van der Waals surface area contributed by atoms with Crippen molar-refractivity contribution < 1.29 is 14.5 Å². The van der Waals surface area contributed by atoms with Crippen LogP contribution in [-0.2, 0) is 11.3 Å². The lowest BCUT2D eigenvalue weighted by Gasteiger charge is -2.16. The number of aryl methyl sites for hydroxylation is 1. The number of nitro benzene ring substituents is 1. The largest absolute Gasteiger partial charge is 0.483 e. The van der Waals surface area contributed by atoms with Crippen LogP contribution in [0.15, 0.2) is 60.3 Å². The summed E-state index contributed by atoms with van der Waals surface area (Å²) in [7, 11) is 0. The Labute approximate surface area is 200 Å². The van der Waals surface area contributed by atoms with E-state index in [0.717, 1.165) is 11.3 Å². The van der Waals surface area contributed by atoms with E-state index in [0.29, 0.717) is 17.5 Å². The van der Waals surface area contributed by atoms with Crippen LogP contribution in [0.25, 0.3) is 0 Å². The first-order valence-electron chi connectivity index (χ1n) is 9.92. The van der Waals surface area contributed by atoms with Gasteiger partial charge in [0, 0.05) is 18.3 Å². The standard InChI is InChI=1S/C22H22ClN5O4S/c1-4-10-27-21(15(3)32-17-7-5-6-14(2)11-17)25-26-22(27)33-13-20(29)24-16-8-9-18(23)19(12-16)28(30)31/h4-9,11-12,15H,1,10,13H2,2-3H3,(H,24,29). The molecule has 1 aromatic heterocycles. The van der Waals surface area contributed by atoms with Crippen LogP contribution in [0.5, 0.6) is 5.75 Å². The number of hydrogen-bond donors (Lipinski definition) is 1. The second kappa shape index (κ2) is 11.0. The number of allylic oxidation sites excluding steroid dienone is 1. The molecular formula is C22H22ClN5O4S. The number of ether oxygens (including phenoxy) is 1. The summed E-state index contributed by atoms with van der Waals surface area (Å²) in [4.78, 5) is 22.8. The van der Waals surface area contributed by atoms with E-state index in [1.165, 1.54) is 30.0 Å². The van der Waals surface area contributed by atoms with Crippen LogP contribution in [0.4, 0.5) is 11.4 Å². The Bertz CT molecular complexity index is 1180. The minimum Gasteiger partial charge on any atom is -0.483 e. The van der Waals surface area contributed by atoms with Crippen LogP contribution < -0.4 is 10.1 Å². The molecule has 1 atom stereocenters. The van der Waals surface area contributed by atoms with Crippen molar-refractivity contribution in [3.8, 4) is 5.75 Å². The molecule has 0 spiro atoms. The summed E-state index contributed by atoms with van der Waals surface area (Å²) in [6.07, 6.45) is 1.33. The third kappa shape index (κ3) is 6.33. The van der Waals surface area contributed by atoms with Crippen LogP contribution in [0.2, 0.25) is 5.02 Å². The van der Waals surface area contributed by atoms with E-state index in [2.05, 4.69) is 22.1 Å². The van der Waals surface area contributed by atoms with Gasteiger partial charge >= 0.3 is 0 Å². The zero-order chi connectivity index (χ0) is 24.0. The van der Waals surface area contributed by atoms with Crippen LogP contribution in [-0.4, -0.2) is 31.3 Å². The number of rotatable bonds is 10. The number of hydrogen-bond acceptors (Lipinski definition) is 7. The average molecular weight is 488 g/mol. The fourth-order valence-corrected chi connectivity index (χ4v) is 3.95. The molecule has 9 nitrogen and oxygen atoms in total. The summed E-state index contributed by atoms with van der Waals surface area (Å²) in [6, 6.07) is 11.8. The number of halogens is 1. The number of amides is 1. The SMILES string of the molecule is C=CCn1c(SCC(=O)Nc2ccc(Cl)c([N+](=O)[O-])c2)nnc1C(C)Oc1cccc(C)c1. The zero-order valence-electron chi connectivity index (χ0n) is 18.0. The van der Waals surface area contributed by atoms with Gasteiger partial charge in [0.1, 0.15) is 10.8 Å². The summed E-state index contributed by atoms with van der Waals surface area (Å²) in [5, 5.41) is 22.6. The zero-order valence-corrected chi connectivity index (χ0v) is 19.6. The number of carbonyl (C=O) groups excluding carboxylic acids is 1. The first-order valence-corrected chi connectivity index (χ1v) is 11.3. The quantitative estimate of drug-likeness (QED) is 0.181. The number of carbonyl (C=O) groups is 1. The molecule has 11 heteroatoms. The van der Waals surface area contributed by atoms with Gasteiger partial charge < -0.3 is 10.1 Å². The van der Waals surface area contributed by atoms with Gasteiger partial charge in [-0.25, -0.2) is 0 Å². The maximum atomic E-state index is 12.4. The first-order chi connectivity index (χ1) is 15.8. The van der Waals surface area contributed by atoms with E-state index in [-0.39, 0.29) is 34.2 Å². The van der Waals surface area contributed by atoms with Crippen LogP contribution in [0.1, 0.15) is 24.4 Å². The molecule has 0 saturated carbocycles. The second-order valence-electron chi connectivity index (χ2n) is 7.08. The maximum Gasteiger partial charge on any atom is 0.289 e. The van der Waals surface area contributed by atoms with E-state index < -0.39 is 4.92 Å². The molecule has 3 rings (SSSR count). The van der Waals surface area contributed by atoms with Crippen molar-refractivity contribution in [3.63, 3.8) is 0 Å². The number of nitro groups is 1. The van der Waals surface area contributed by atoms with Crippen molar-refractivity contribution in [1.82, 2.24) is 14.8 Å². The van der Waals surface area contributed by atoms with Gasteiger partial charge in [-0.05, 0) is 43.7 Å². The Morgan fingerprint density at radius 2 is 2.15 bits per heavy atom. The molecule has 0 aliphatic rings. The summed E-state index contributed by atoms with van der Waals surface area (Å²) in [5.41, 5.74) is 1.09. The first kappa shape index (κ1) is 24.3. The Morgan fingerprint density at radius 1 is 1.36 bits per heavy atom. The van der Waals surface area contributed by atoms with Crippen LogP contribution in [0, 0.1) is 17.0 Å². The molecule has 2 aromatic carbocycles. The van der Waals surface area contributed by atoms with Crippen molar-refractivity contribution in [3.05, 3.63) is 81.6 Å². The number of thioether (sulfide) groups is 1. The predicted molar refractivity (Wildman–Crippen MR) is 128 cm³/mol. The smallest absolute Gasteiger partial charge is 0.289 e. The fraction of sp³-hybridized carbons (Fsp3) is 0.227. The van der Waals surface area contributed by atoms with Gasteiger partial charge in [-0.15, -0.1) is 16.8 Å². The average Bonchev–Trinajstić information content (AvgIpc) is 3.16. The van der Waals surface area contributed by atoms with Gasteiger partial charge in [0.05, 0.1) is 10.7 Å². The van der Waals surface area contributed by atoms with Gasteiger partial charge in [-0.3, -0.25) is 19.5 Å². The molecule has 1 heterocycles. The second-order valence-corrected chi connectivity index (χ2v) is 8.43. The predicted octanol–water partition coefficient (Wildman–Crippen LogP) is 5.20. The molecule has 1 N–H and O–H groups in total. The van der Waals surface area contributed by atoms with E-state index in [1.54, 1.807) is 6.08 Å². The van der Waals surface area contributed by atoms with Crippen molar-refractivity contribution >= 4 is 40.6 Å². The number of aromatic nitrogens is 3. The lowest BCUT2D eigenvalue weighted by Crippen LogP contribution is -2.15. The highest BCUT2D eigenvalue weighted by Gasteiger charge is 2.20. The number of anilines is 1. The highest BCUT2D eigenvalue weighted by Crippen LogP contribution is 2.28. The maximum absolute atomic E-state index is 12.4. The molecule has 0 radical (unpaired) electrons. The minimum atomic E-state index is -0.605. The fourth-order valence-electron chi connectivity index (χ4n) is 3.01. The molecule has 3 aromatic rings. The van der Waals surface area contributed by atoms with Crippen molar-refractivity contribution in [2.24, 2.45) is 0 Å². The van der Waals surface area contributed by atoms with E-state index >= 15 is 0 Å². The van der Waals surface area contributed by atoms with E-state index in [1.807, 2.05) is 42.7 Å². The summed E-state index contributed by atoms with van der Waals surface area (Å²) in [5.74, 6) is 1.00. The van der Waals surface area contributed by atoms with Crippen molar-refractivity contribution in [2.45, 2.75) is 31.7 Å². The summed E-state index contributed by atoms with van der Waals surface area (Å²) in [6.45, 7) is 8.08. The van der Waals surface area contributed by atoms with Gasteiger partial charge in [0.2, 0.25) is 5.91 Å². The monoisotopic (exact) mass is 487 g/mol. The summed E-state index contributed by atoms with van der Waals surface area (Å²) < 4.78 is 7.85. The van der Waals surface area contributed by atoms with Gasteiger partial charge in [-0.1, -0.05) is 41.6 Å². The Kier molecular flexibility index (Phi) is 8.07. The molecule has 0 bridgehead atoms. The molecule has 0 saturated heterocycles. The highest BCUT2D eigenvalue weighted by molar-refractivity contribution is 7.99. The normalized spacial score (nSPS) is 11.6. The van der Waals surface area contributed by atoms with Crippen molar-refractivity contribution in [2.75, 3.05) is 11.1 Å². The Balaban J connectivity index is 1.68. The Hall–Kier alpha value is -3.37. The van der Waals surface area contributed by atoms with Crippen molar-refractivity contribution in [1.29, 1.82) is 0 Å². The lowest BCUT2D eigenvalue weighted by atomic mass is 10.2. The molecule has 1 unspecified atom stereocenters. The highest BCUT2D eigenvalue weighted by atomic mass is 35.5. The Morgan fingerprint density at radius 3 is 2.85 bits per heavy atom. The molecule has 33 heavy (non-hydrogen) atoms. The molecule has 0 aliphatic heterocycles. The molecule has 0 fully saturated rings. The van der Waals surface area contributed by atoms with Gasteiger partial charge in [0.25, 0.3) is 5.69 Å². The van der Waals surface area contributed by atoms with E-state index in [4.69, 9.17) is 16.3 Å². The van der Waals surface area contributed by atoms with E-state index in [9.17, 15) is 14.9 Å². The van der Waals surface area contributed by atoms with Crippen LogP contribution >= 0.6 is 23.4 Å². The van der Waals surface area contributed by atoms with Gasteiger partial charge in [-0.2, -0.15) is 0 Å². The minimum absolute atomic E-state index is 0.000526. The lowest BCUT2D eigenvalue weighted by molar-refractivity contribution is -0.384. The third-order valence-corrected chi connectivity index (χ3v) is 5.77. The molecule has 1 amide bonds. The van der Waals surface area contributed by atoms with Crippen LogP contribution in [0.3, 0.4) is 0 Å². The topological polar surface area (TPSA) is 112 Å².